The molecule has 0 radical (unpaired) electrons. The van der Waals surface area contributed by atoms with E-state index in [0.29, 0.717) is 6.54 Å². The Hall–Kier alpha value is -1.90. The van der Waals surface area contributed by atoms with E-state index in [4.69, 9.17) is 4.74 Å². The van der Waals surface area contributed by atoms with Crippen molar-refractivity contribution < 1.29 is 17.9 Å². The smallest absolute Gasteiger partial charge is 0.250 e. The number of carbonyl (C=O) groups is 1. The van der Waals surface area contributed by atoms with Gasteiger partial charge in [-0.25, -0.2) is 8.42 Å². The van der Waals surface area contributed by atoms with E-state index in [-0.39, 0.29) is 16.0 Å². The number of sulfonamides is 1. The summed E-state index contributed by atoms with van der Waals surface area (Å²) in [5.41, 5.74) is 0.901. The highest BCUT2D eigenvalue weighted by Gasteiger charge is 2.28. The van der Waals surface area contributed by atoms with E-state index in [1.807, 2.05) is 12.1 Å². The fourth-order valence-electron chi connectivity index (χ4n) is 2.18. The Bertz CT molecular complexity index is 785. The fraction of sp³-hybridized carbons (Fsp3) is 0.353. The second-order valence-electron chi connectivity index (χ2n) is 5.84. The molecule has 25 heavy (non-hydrogen) atoms. The average molecular weight is 383 g/mol. The van der Waals surface area contributed by atoms with Crippen molar-refractivity contribution in [1.29, 1.82) is 0 Å². The summed E-state index contributed by atoms with van der Waals surface area (Å²) >= 11 is 1.11. The Labute approximate surface area is 152 Å². The SMILES string of the molecule is COc1ccc(CNC(=O)[C@@H](NS(=O)(=O)c2cccs2)C(C)C)cc1. The van der Waals surface area contributed by atoms with Crippen LogP contribution in [-0.2, 0) is 21.4 Å². The zero-order chi connectivity index (χ0) is 18.4. The fourth-order valence-corrected chi connectivity index (χ4v) is 4.53. The van der Waals surface area contributed by atoms with Crippen molar-refractivity contribution in [2.75, 3.05) is 7.11 Å². The van der Waals surface area contributed by atoms with E-state index in [1.165, 1.54) is 6.07 Å². The van der Waals surface area contributed by atoms with Crippen molar-refractivity contribution in [1.82, 2.24) is 10.0 Å². The second kappa shape index (κ2) is 8.46. The lowest BCUT2D eigenvalue weighted by molar-refractivity contribution is -0.123. The maximum absolute atomic E-state index is 12.5. The molecule has 0 bridgehead atoms. The third kappa shape index (κ3) is 5.29. The molecule has 8 heteroatoms. The third-order valence-corrected chi connectivity index (χ3v) is 6.46. The van der Waals surface area contributed by atoms with Gasteiger partial charge in [0.2, 0.25) is 5.91 Å². The molecule has 6 nitrogen and oxygen atoms in total. The van der Waals surface area contributed by atoms with Crippen LogP contribution in [-0.4, -0.2) is 27.5 Å². The normalized spacial score (nSPS) is 12.8. The van der Waals surface area contributed by atoms with Gasteiger partial charge in [0.15, 0.2) is 0 Å². The summed E-state index contributed by atoms with van der Waals surface area (Å²) in [6.07, 6.45) is 0. The van der Waals surface area contributed by atoms with Crippen LogP contribution >= 0.6 is 11.3 Å². The molecule has 2 rings (SSSR count). The highest BCUT2D eigenvalue weighted by Crippen LogP contribution is 2.17. The van der Waals surface area contributed by atoms with Crippen molar-refractivity contribution in [2.24, 2.45) is 5.92 Å². The molecule has 2 N–H and O–H groups in total. The zero-order valence-corrected chi connectivity index (χ0v) is 16.0. The van der Waals surface area contributed by atoms with Crippen molar-refractivity contribution in [3.05, 3.63) is 47.3 Å². The molecule has 2 aromatic rings. The number of amides is 1. The first-order valence-electron chi connectivity index (χ1n) is 7.80. The minimum absolute atomic E-state index is 0.189. The standard InChI is InChI=1S/C17H22N2O4S2/c1-12(2)16(19-25(21,22)15-5-4-10-24-15)17(20)18-11-13-6-8-14(23-3)9-7-13/h4-10,12,16,19H,11H2,1-3H3,(H,18,20)/t16-/m0/s1. The molecule has 0 aliphatic carbocycles. The van der Waals surface area contributed by atoms with Crippen LogP contribution in [0.3, 0.4) is 0 Å². The van der Waals surface area contributed by atoms with Crippen LogP contribution < -0.4 is 14.8 Å². The van der Waals surface area contributed by atoms with Gasteiger partial charge < -0.3 is 10.1 Å². The molecule has 1 atom stereocenters. The number of carbonyl (C=O) groups excluding carboxylic acids is 1. The zero-order valence-electron chi connectivity index (χ0n) is 14.4. The summed E-state index contributed by atoms with van der Waals surface area (Å²) in [7, 11) is -2.12. The molecular formula is C17H22N2O4S2. The monoisotopic (exact) mass is 382 g/mol. The Morgan fingerprint density at radius 2 is 1.88 bits per heavy atom. The number of rotatable bonds is 8. The van der Waals surface area contributed by atoms with E-state index in [0.717, 1.165) is 22.6 Å². The minimum atomic E-state index is -3.71. The van der Waals surface area contributed by atoms with Gasteiger partial charge in [-0.2, -0.15) is 4.72 Å². The van der Waals surface area contributed by atoms with Crippen molar-refractivity contribution >= 4 is 27.3 Å². The Balaban J connectivity index is 2.02. The topological polar surface area (TPSA) is 84.5 Å². The molecule has 0 saturated carbocycles. The molecule has 1 heterocycles. The van der Waals surface area contributed by atoms with Crippen molar-refractivity contribution in [3.63, 3.8) is 0 Å². The van der Waals surface area contributed by atoms with Crippen LogP contribution in [0, 0.1) is 5.92 Å². The molecular weight excluding hydrogens is 360 g/mol. The number of thiophene rings is 1. The summed E-state index contributed by atoms with van der Waals surface area (Å²) in [5.74, 6) is 0.190. The second-order valence-corrected chi connectivity index (χ2v) is 8.73. The van der Waals surface area contributed by atoms with Crippen LogP contribution in [0.25, 0.3) is 0 Å². The predicted molar refractivity (Wildman–Crippen MR) is 98.1 cm³/mol. The molecule has 1 amide bonds. The molecule has 0 unspecified atom stereocenters. The van der Waals surface area contributed by atoms with Crippen LogP contribution in [0.4, 0.5) is 0 Å². The lowest BCUT2D eigenvalue weighted by Crippen LogP contribution is -2.49. The van der Waals surface area contributed by atoms with Gasteiger partial charge in [0.1, 0.15) is 16.0 Å². The van der Waals surface area contributed by atoms with Crippen molar-refractivity contribution in [3.8, 4) is 5.75 Å². The first-order valence-corrected chi connectivity index (χ1v) is 10.2. The van der Waals surface area contributed by atoms with Gasteiger partial charge in [-0.15, -0.1) is 11.3 Å². The molecule has 0 aliphatic heterocycles. The third-order valence-electron chi connectivity index (χ3n) is 3.62. The average Bonchev–Trinajstić information content (AvgIpc) is 3.13. The Morgan fingerprint density at radius 3 is 2.40 bits per heavy atom. The minimum Gasteiger partial charge on any atom is -0.497 e. The van der Waals surface area contributed by atoms with Crippen LogP contribution in [0.5, 0.6) is 5.75 Å². The molecule has 0 fully saturated rings. The summed E-state index contributed by atoms with van der Waals surface area (Å²) in [6, 6.07) is 9.64. The van der Waals surface area contributed by atoms with E-state index in [9.17, 15) is 13.2 Å². The number of benzene rings is 1. The largest absolute Gasteiger partial charge is 0.497 e. The van der Waals surface area contributed by atoms with E-state index in [1.54, 1.807) is 44.5 Å². The maximum atomic E-state index is 12.5. The molecule has 0 aliphatic rings. The van der Waals surface area contributed by atoms with Crippen LogP contribution in [0.1, 0.15) is 19.4 Å². The lowest BCUT2D eigenvalue weighted by atomic mass is 10.0. The number of ether oxygens (including phenoxy) is 1. The van der Waals surface area contributed by atoms with Crippen LogP contribution in [0.15, 0.2) is 46.0 Å². The summed E-state index contributed by atoms with van der Waals surface area (Å²) in [5, 5.41) is 4.47. The van der Waals surface area contributed by atoms with Gasteiger partial charge in [0.05, 0.1) is 7.11 Å². The highest BCUT2D eigenvalue weighted by atomic mass is 32.2. The molecule has 136 valence electrons. The number of hydrogen-bond donors (Lipinski definition) is 2. The van der Waals surface area contributed by atoms with Gasteiger partial charge in [-0.3, -0.25) is 4.79 Å². The molecule has 1 aromatic heterocycles. The summed E-state index contributed by atoms with van der Waals surface area (Å²) in [6.45, 7) is 3.91. The lowest BCUT2D eigenvalue weighted by Gasteiger charge is -2.21. The van der Waals surface area contributed by atoms with Gasteiger partial charge >= 0.3 is 0 Å². The maximum Gasteiger partial charge on any atom is 0.250 e. The van der Waals surface area contributed by atoms with E-state index < -0.39 is 16.1 Å². The quantitative estimate of drug-likeness (QED) is 0.734. The molecule has 0 saturated heterocycles. The van der Waals surface area contributed by atoms with Crippen molar-refractivity contribution in [2.45, 2.75) is 30.6 Å². The first-order chi connectivity index (χ1) is 11.8. The van der Waals surface area contributed by atoms with E-state index in [2.05, 4.69) is 10.0 Å². The predicted octanol–water partition coefficient (Wildman–Crippen LogP) is 2.38. The van der Waals surface area contributed by atoms with Gasteiger partial charge in [-0.05, 0) is 35.1 Å². The van der Waals surface area contributed by atoms with E-state index >= 15 is 0 Å². The van der Waals surface area contributed by atoms with Gasteiger partial charge in [0.25, 0.3) is 10.0 Å². The molecule has 0 spiro atoms. The summed E-state index contributed by atoms with van der Waals surface area (Å²) in [4.78, 5) is 12.5. The Morgan fingerprint density at radius 1 is 1.20 bits per heavy atom. The highest BCUT2D eigenvalue weighted by molar-refractivity contribution is 7.91. The van der Waals surface area contributed by atoms with Crippen LogP contribution in [0.2, 0.25) is 0 Å². The van der Waals surface area contributed by atoms with Gasteiger partial charge in [-0.1, -0.05) is 32.0 Å². The molecule has 1 aromatic carbocycles. The summed E-state index contributed by atoms with van der Waals surface area (Å²) < 4.78 is 32.5. The number of nitrogens with one attached hydrogen (secondary N) is 2. The Kier molecular flexibility index (Phi) is 6.57. The number of methoxy groups -OCH3 is 1. The van der Waals surface area contributed by atoms with Gasteiger partial charge in [0, 0.05) is 6.54 Å². The first kappa shape index (κ1) is 19.4. The number of hydrogen-bond acceptors (Lipinski definition) is 5.